The van der Waals surface area contributed by atoms with Crippen molar-refractivity contribution in [3.05, 3.63) is 23.8 Å². The predicted octanol–water partition coefficient (Wildman–Crippen LogP) is 0.343. The number of cyclic esters (lactones) is 1. The van der Waals surface area contributed by atoms with E-state index < -0.39 is 60.2 Å². The van der Waals surface area contributed by atoms with Gasteiger partial charge in [-0.05, 0) is 68.8 Å². The minimum Gasteiger partial charge on any atom is -0.458 e. The van der Waals surface area contributed by atoms with Crippen LogP contribution in [0.15, 0.2) is 23.8 Å². The summed E-state index contributed by atoms with van der Waals surface area (Å²) in [6, 6.07) is 0. The molecule has 0 bridgehead atoms. The zero-order chi connectivity index (χ0) is 26.4. The van der Waals surface area contributed by atoms with Crippen molar-refractivity contribution in [1.29, 1.82) is 0 Å². The van der Waals surface area contributed by atoms with Gasteiger partial charge >= 0.3 is 11.9 Å². The quantitative estimate of drug-likeness (QED) is 0.249. The molecular weight excluding hydrogens is 472 g/mol. The van der Waals surface area contributed by atoms with Gasteiger partial charge in [-0.2, -0.15) is 0 Å². The molecule has 4 rings (SSSR count). The van der Waals surface area contributed by atoms with Crippen molar-refractivity contribution < 1.29 is 49.3 Å². The van der Waals surface area contributed by atoms with Crippen molar-refractivity contribution in [2.45, 2.75) is 89.2 Å². The zero-order valence-corrected chi connectivity index (χ0v) is 20.8. The van der Waals surface area contributed by atoms with Crippen molar-refractivity contribution in [3.8, 4) is 0 Å². The molecule has 0 aromatic heterocycles. The second-order valence-corrected chi connectivity index (χ2v) is 11.1. The second-order valence-electron chi connectivity index (χ2n) is 11.1. The van der Waals surface area contributed by atoms with Gasteiger partial charge < -0.3 is 39.7 Å². The van der Waals surface area contributed by atoms with E-state index in [-0.39, 0.29) is 24.4 Å². The van der Waals surface area contributed by atoms with Crippen LogP contribution in [-0.4, -0.2) is 87.5 Å². The van der Waals surface area contributed by atoms with Crippen LogP contribution in [0.1, 0.15) is 52.4 Å². The topological polar surface area (TPSA) is 163 Å². The highest BCUT2D eigenvalue weighted by Gasteiger charge is 2.62. The molecular formula is C26H38O10. The van der Waals surface area contributed by atoms with Crippen LogP contribution < -0.4 is 0 Å². The summed E-state index contributed by atoms with van der Waals surface area (Å²) in [5, 5.41) is 51.0. The normalized spacial score (nSPS) is 45.0. The van der Waals surface area contributed by atoms with Crippen LogP contribution >= 0.6 is 0 Å². The van der Waals surface area contributed by atoms with Gasteiger partial charge in [0.2, 0.25) is 6.29 Å². The molecule has 1 saturated heterocycles. The maximum absolute atomic E-state index is 13.6. The minimum atomic E-state index is -1.72. The van der Waals surface area contributed by atoms with Gasteiger partial charge in [0.1, 0.15) is 31.0 Å². The van der Waals surface area contributed by atoms with Gasteiger partial charge in [0.05, 0.1) is 18.1 Å². The third-order valence-corrected chi connectivity index (χ3v) is 9.23. The number of ether oxygens (including phenoxy) is 3. The zero-order valence-electron chi connectivity index (χ0n) is 20.8. The number of carbonyl (C=O) groups is 2. The molecule has 2 saturated carbocycles. The molecule has 202 valence electrons. The maximum Gasteiger partial charge on any atom is 0.334 e. The largest absolute Gasteiger partial charge is 0.458 e. The van der Waals surface area contributed by atoms with E-state index in [1.54, 1.807) is 13.0 Å². The SMILES string of the molecule is C=C1CC[C@@H]2[C@](C)(CC[C@H](O)[C@]2(C)C(=O)O[C@@H]2O[C@H](CO)[C@@H](O)[C@H](O)[C@H]2O)[C@H]1CCC1=CCOC1=O. The van der Waals surface area contributed by atoms with Crippen molar-refractivity contribution in [1.82, 2.24) is 0 Å². The molecule has 10 heteroatoms. The van der Waals surface area contributed by atoms with Crippen LogP contribution in [0.25, 0.3) is 0 Å². The van der Waals surface area contributed by atoms with E-state index in [0.29, 0.717) is 44.1 Å². The van der Waals surface area contributed by atoms with Gasteiger partial charge in [0.15, 0.2) is 0 Å². The number of allylic oxidation sites excluding steroid dienone is 1. The van der Waals surface area contributed by atoms with Gasteiger partial charge in [-0.15, -0.1) is 0 Å². The summed E-state index contributed by atoms with van der Waals surface area (Å²) >= 11 is 0. The van der Waals surface area contributed by atoms with Crippen molar-refractivity contribution in [2.24, 2.45) is 22.7 Å². The lowest BCUT2D eigenvalue weighted by molar-refractivity contribution is -0.299. The first-order valence-electron chi connectivity index (χ1n) is 12.7. The first-order valence-corrected chi connectivity index (χ1v) is 12.7. The predicted molar refractivity (Wildman–Crippen MR) is 125 cm³/mol. The second kappa shape index (κ2) is 10.2. The molecule has 36 heavy (non-hydrogen) atoms. The van der Waals surface area contributed by atoms with E-state index >= 15 is 0 Å². The molecule has 0 aromatic rings. The summed E-state index contributed by atoms with van der Waals surface area (Å²) in [6.45, 7) is 7.70. The summed E-state index contributed by atoms with van der Waals surface area (Å²) in [5.74, 6) is -1.35. The highest BCUT2D eigenvalue weighted by molar-refractivity contribution is 5.90. The molecule has 5 N–H and O–H groups in total. The first-order chi connectivity index (χ1) is 16.9. The van der Waals surface area contributed by atoms with Crippen molar-refractivity contribution in [2.75, 3.05) is 13.2 Å². The number of aliphatic hydroxyl groups excluding tert-OH is 5. The Balaban J connectivity index is 1.56. The van der Waals surface area contributed by atoms with Crippen LogP contribution in [-0.2, 0) is 23.8 Å². The third-order valence-electron chi connectivity index (χ3n) is 9.23. The summed E-state index contributed by atoms with van der Waals surface area (Å²) in [7, 11) is 0. The maximum atomic E-state index is 13.6. The highest BCUT2D eigenvalue weighted by atomic mass is 16.7. The van der Waals surface area contributed by atoms with Gasteiger partial charge in [0.25, 0.3) is 0 Å². The summed E-state index contributed by atoms with van der Waals surface area (Å²) < 4.78 is 15.9. The number of aliphatic hydroxyl groups is 5. The Bertz CT molecular complexity index is 914. The molecule has 2 aliphatic heterocycles. The fraction of sp³-hybridized carbons (Fsp3) is 0.769. The van der Waals surface area contributed by atoms with E-state index in [2.05, 4.69) is 13.5 Å². The lowest BCUT2D eigenvalue weighted by Crippen LogP contribution is -2.63. The molecule has 10 nitrogen and oxygen atoms in total. The molecule has 4 aliphatic rings. The van der Waals surface area contributed by atoms with Crippen LogP contribution in [0.5, 0.6) is 0 Å². The Morgan fingerprint density at radius 1 is 1.17 bits per heavy atom. The number of fused-ring (bicyclic) bond motifs is 1. The lowest BCUT2D eigenvalue weighted by atomic mass is 9.46. The number of carbonyl (C=O) groups excluding carboxylic acids is 2. The Kier molecular flexibility index (Phi) is 7.68. The molecule has 0 spiro atoms. The van der Waals surface area contributed by atoms with E-state index in [4.69, 9.17) is 14.2 Å². The third kappa shape index (κ3) is 4.41. The van der Waals surface area contributed by atoms with Gasteiger partial charge in [-0.3, -0.25) is 4.79 Å². The van der Waals surface area contributed by atoms with E-state index in [1.165, 1.54) is 0 Å². The van der Waals surface area contributed by atoms with Crippen molar-refractivity contribution >= 4 is 11.9 Å². The van der Waals surface area contributed by atoms with E-state index in [1.807, 2.05) is 0 Å². The molecule has 2 aliphatic carbocycles. The Morgan fingerprint density at radius 3 is 2.53 bits per heavy atom. The molecule has 3 fully saturated rings. The van der Waals surface area contributed by atoms with Crippen LogP contribution in [0.3, 0.4) is 0 Å². The Morgan fingerprint density at radius 2 is 1.89 bits per heavy atom. The lowest BCUT2D eigenvalue weighted by Gasteiger charge is -2.59. The van der Waals surface area contributed by atoms with E-state index in [9.17, 15) is 35.1 Å². The first kappa shape index (κ1) is 27.2. The molecule has 0 unspecified atom stereocenters. The summed E-state index contributed by atoms with van der Waals surface area (Å²) in [4.78, 5) is 25.6. The standard InChI is InChI=1S/C26H38O10/c1-13-4-7-17-25(2,15(13)6-5-14-9-11-34-22(14)32)10-8-18(28)26(17,3)24(33)36-23-21(31)20(30)19(29)16(12-27)35-23/h9,15-21,23,27-31H,1,4-8,10-12H2,2-3H3/t15-,16+,17+,18-,19+,20-,21+,23-,25+,26+/m0/s1. The number of rotatable bonds is 6. The fourth-order valence-electron chi connectivity index (χ4n) is 6.96. The van der Waals surface area contributed by atoms with Gasteiger partial charge in [-0.1, -0.05) is 19.1 Å². The summed E-state index contributed by atoms with van der Waals surface area (Å²) in [6.07, 6.45) is -3.53. The Hall–Kier alpha value is -1.82. The van der Waals surface area contributed by atoms with E-state index in [0.717, 1.165) is 5.57 Å². The molecule has 0 aromatic carbocycles. The fourth-order valence-corrected chi connectivity index (χ4v) is 6.96. The average Bonchev–Trinajstić information content (AvgIpc) is 3.26. The number of esters is 2. The number of hydrogen-bond acceptors (Lipinski definition) is 10. The minimum absolute atomic E-state index is 0.0115. The molecule has 10 atom stereocenters. The Labute approximate surface area is 210 Å². The monoisotopic (exact) mass is 510 g/mol. The number of hydrogen-bond donors (Lipinski definition) is 5. The average molecular weight is 511 g/mol. The smallest absolute Gasteiger partial charge is 0.334 e. The summed E-state index contributed by atoms with van der Waals surface area (Å²) in [5.41, 5.74) is -0.0344. The van der Waals surface area contributed by atoms with Crippen LogP contribution in [0.2, 0.25) is 0 Å². The van der Waals surface area contributed by atoms with Crippen molar-refractivity contribution in [3.63, 3.8) is 0 Å². The van der Waals surface area contributed by atoms with Gasteiger partial charge in [-0.25, -0.2) is 4.79 Å². The molecule has 2 heterocycles. The van der Waals surface area contributed by atoms with Crippen LogP contribution in [0, 0.1) is 22.7 Å². The highest BCUT2D eigenvalue weighted by Crippen LogP contribution is 2.62. The van der Waals surface area contributed by atoms with Gasteiger partial charge in [0, 0.05) is 5.57 Å². The molecule has 0 radical (unpaired) electrons. The molecule has 0 amide bonds. The van der Waals surface area contributed by atoms with Crippen LogP contribution in [0.4, 0.5) is 0 Å².